The van der Waals surface area contributed by atoms with Crippen molar-refractivity contribution in [3.8, 4) is 0 Å². The maximum absolute atomic E-state index is 11.1. The highest BCUT2D eigenvalue weighted by Crippen LogP contribution is 2.33. The molecule has 2 aromatic rings. The number of benzene rings is 1. The number of hydrogen-bond donors (Lipinski definition) is 1. The van der Waals surface area contributed by atoms with Crippen LogP contribution in [0.15, 0.2) is 42.7 Å². The van der Waals surface area contributed by atoms with Crippen molar-refractivity contribution in [1.29, 1.82) is 0 Å². The fourth-order valence-corrected chi connectivity index (χ4v) is 2.46. The van der Waals surface area contributed by atoms with Gasteiger partial charge < -0.3 is 5.11 Å². The molecule has 0 bridgehead atoms. The molecule has 0 saturated heterocycles. The summed E-state index contributed by atoms with van der Waals surface area (Å²) in [5.41, 5.74) is 0.893. The molecule has 1 atom stereocenters. The van der Waals surface area contributed by atoms with Gasteiger partial charge in [-0.15, -0.1) is 0 Å². The van der Waals surface area contributed by atoms with Gasteiger partial charge in [0.15, 0.2) is 0 Å². The maximum Gasteiger partial charge on any atom is 0.118 e. The van der Waals surface area contributed by atoms with E-state index in [4.69, 9.17) is 0 Å². The quantitative estimate of drug-likeness (QED) is 0.863. The Kier molecular flexibility index (Phi) is 4.38. The van der Waals surface area contributed by atoms with Crippen LogP contribution in [0.25, 0.3) is 0 Å². The molecule has 1 aromatic carbocycles. The highest BCUT2D eigenvalue weighted by Gasteiger charge is 2.31. The Bertz CT molecular complexity index is 506. The molecule has 3 heteroatoms. The van der Waals surface area contributed by atoms with Crippen LogP contribution in [0.1, 0.15) is 44.2 Å². The minimum Gasteiger partial charge on any atom is -0.380 e. The monoisotopic (exact) mass is 258 g/mol. The summed E-state index contributed by atoms with van der Waals surface area (Å²) < 4.78 is 1.90. The molecule has 3 nitrogen and oxygen atoms in total. The summed E-state index contributed by atoms with van der Waals surface area (Å²) in [6, 6.07) is 9.86. The third-order valence-corrected chi connectivity index (χ3v) is 3.43. The molecule has 0 spiro atoms. The summed E-state index contributed by atoms with van der Waals surface area (Å²) in [4.78, 5) is 0. The van der Waals surface area contributed by atoms with Gasteiger partial charge in [-0.1, -0.05) is 50.6 Å². The van der Waals surface area contributed by atoms with Gasteiger partial charge in [0.05, 0.1) is 6.20 Å². The molecule has 0 aliphatic rings. The van der Waals surface area contributed by atoms with Crippen molar-refractivity contribution in [2.24, 2.45) is 0 Å². The third kappa shape index (κ3) is 2.87. The third-order valence-electron chi connectivity index (χ3n) is 3.43. The molecule has 0 amide bonds. The van der Waals surface area contributed by atoms with Crippen LogP contribution in [0.2, 0.25) is 0 Å². The highest BCUT2D eigenvalue weighted by molar-refractivity contribution is 5.33. The van der Waals surface area contributed by atoms with Crippen molar-refractivity contribution in [1.82, 2.24) is 9.78 Å². The Morgan fingerprint density at radius 1 is 1.11 bits per heavy atom. The number of rotatable bonds is 6. The Balaban J connectivity index is 2.38. The zero-order valence-electron chi connectivity index (χ0n) is 11.7. The molecule has 2 rings (SSSR count). The average molecular weight is 258 g/mol. The molecule has 0 saturated carbocycles. The Hall–Kier alpha value is -1.61. The van der Waals surface area contributed by atoms with Gasteiger partial charge in [0.1, 0.15) is 5.60 Å². The number of aliphatic hydroxyl groups is 1. The Labute approximate surface area is 114 Å². The van der Waals surface area contributed by atoms with Crippen LogP contribution < -0.4 is 0 Å². The molecule has 0 radical (unpaired) electrons. The molecule has 1 aromatic heterocycles. The molecule has 1 heterocycles. The van der Waals surface area contributed by atoms with Crippen LogP contribution in [0.5, 0.6) is 0 Å². The van der Waals surface area contributed by atoms with E-state index in [9.17, 15) is 5.11 Å². The van der Waals surface area contributed by atoms with E-state index in [0.717, 1.165) is 30.5 Å². The van der Waals surface area contributed by atoms with E-state index in [1.54, 1.807) is 6.20 Å². The fourth-order valence-electron chi connectivity index (χ4n) is 2.46. The lowest BCUT2D eigenvalue weighted by atomic mass is 9.84. The van der Waals surface area contributed by atoms with Gasteiger partial charge in [0, 0.05) is 18.3 Å². The Morgan fingerprint density at radius 2 is 1.84 bits per heavy atom. The first-order chi connectivity index (χ1) is 9.20. The van der Waals surface area contributed by atoms with Crippen molar-refractivity contribution < 1.29 is 5.11 Å². The number of aromatic nitrogens is 2. The van der Waals surface area contributed by atoms with Crippen molar-refractivity contribution in [2.45, 2.75) is 45.3 Å². The standard InChI is InChI=1S/C16H22N2O/c1-3-10-16(19,14-8-6-5-7-9-14)15-12-17-18(13-15)11-4-2/h5-9,12-13,19H,3-4,10-11H2,1-2H3. The van der Waals surface area contributed by atoms with E-state index in [1.165, 1.54) is 0 Å². The summed E-state index contributed by atoms with van der Waals surface area (Å²) in [5.74, 6) is 0. The summed E-state index contributed by atoms with van der Waals surface area (Å²) in [6.07, 6.45) is 6.42. The van der Waals surface area contributed by atoms with Crippen LogP contribution in [0.3, 0.4) is 0 Å². The number of hydrogen-bond acceptors (Lipinski definition) is 2. The molecule has 0 fully saturated rings. The summed E-state index contributed by atoms with van der Waals surface area (Å²) >= 11 is 0. The average Bonchev–Trinajstić information content (AvgIpc) is 2.90. The lowest BCUT2D eigenvalue weighted by Gasteiger charge is -2.27. The first-order valence-corrected chi connectivity index (χ1v) is 7.01. The minimum atomic E-state index is -0.929. The first-order valence-electron chi connectivity index (χ1n) is 7.01. The van der Waals surface area contributed by atoms with Gasteiger partial charge >= 0.3 is 0 Å². The zero-order valence-corrected chi connectivity index (χ0v) is 11.7. The number of nitrogens with zero attached hydrogens (tertiary/aromatic N) is 2. The van der Waals surface area contributed by atoms with Gasteiger partial charge in [-0.25, -0.2) is 0 Å². The van der Waals surface area contributed by atoms with E-state index in [0.29, 0.717) is 6.42 Å². The number of aryl methyl sites for hydroxylation is 1. The molecule has 1 unspecified atom stereocenters. The summed E-state index contributed by atoms with van der Waals surface area (Å²) in [5, 5.41) is 15.4. The molecule has 1 N–H and O–H groups in total. The van der Waals surface area contributed by atoms with Gasteiger partial charge in [-0.2, -0.15) is 5.10 Å². The first kappa shape index (κ1) is 13.8. The largest absolute Gasteiger partial charge is 0.380 e. The molecular formula is C16H22N2O. The van der Waals surface area contributed by atoms with Crippen LogP contribution in [-0.4, -0.2) is 14.9 Å². The second-order valence-electron chi connectivity index (χ2n) is 4.97. The summed E-state index contributed by atoms with van der Waals surface area (Å²) in [6.45, 7) is 5.10. The zero-order chi connectivity index (χ0) is 13.7. The van der Waals surface area contributed by atoms with Crippen LogP contribution >= 0.6 is 0 Å². The van der Waals surface area contributed by atoms with E-state index in [2.05, 4.69) is 18.9 Å². The van der Waals surface area contributed by atoms with Gasteiger partial charge in [0.25, 0.3) is 0 Å². The normalized spacial score (nSPS) is 14.3. The van der Waals surface area contributed by atoms with E-state index in [-0.39, 0.29) is 0 Å². The molecule has 0 aliphatic carbocycles. The van der Waals surface area contributed by atoms with Crippen LogP contribution in [0.4, 0.5) is 0 Å². The van der Waals surface area contributed by atoms with Crippen molar-refractivity contribution in [3.63, 3.8) is 0 Å². The van der Waals surface area contributed by atoms with Gasteiger partial charge in [-0.3, -0.25) is 4.68 Å². The second kappa shape index (κ2) is 6.02. The van der Waals surface area contributed by atoms with Crippen molar-refractivity contribution >= 4 is 0 Å². The molecule has 0 aliphatic heterocycles. The van der Waals surface area contributed by atoms with Crippen molar-refractivity contribution in [2.75, 3.05) is 0 Å². The highest BCUT2D eigenvalue weighted by atomic mass is 16.3. The van der Waals surface area contributed by atoms with Gasteiger partial charge in [0.2, 0.25) is 0 Å². The van der Waals surface area contributed by atoms with Crippen LogP contribution in [-0.2, 0) is 12.1 Å². The Morgan fingerprint density at radius 3 is 2.47 bits per heavy atom. The lowest BCUT2D eigenvalue weighted by Crippen LogP contribution is -2.26. The molecular weight excluding hydrogens is 236 g/mol. The predicted molar refractivity (Wildman–Crippen MR) is 76.9 cm³/mol. The second-order valence-corrected chi connectivity index (χ2v) is 4.97. The summed E-state index contributed by atoms with van der Waals surface area (Å²) in [7, 11) is 0. The molecule has 19 heavy (non-hydrogen) atoms. The smallest absolute Gasteiger partial charge is 0.118 e. The van der Waals surface area contributed by atoms with E-state index < -0.39 is 5.60 Å². The lowest BCUT2D eigenvalue weighted by molar-refractivity contribution is 0.0701. The predicted octanol–water partition coefficient (Wildman–Crippen LogP) is 3.33. The van der Waals surface area contributed by atoms with Crippen molar-refractivity contribution in [3.05, 3.63) is 53.9 Å². The maximum atomic E-state index is 11.1. The van der Waals surface area contributed by atoms with E-state index >= 15 is 0 Å². The van der Waals surface area contributed by atoms with Crippen LogP contribution in [0, 0.1) is 0 Å². The topological polar surface area (TPSA) is 38.0 Å². The minimum absolute atomic E-state index is 0.703. The molecule has 102 valence electrons. The van der Waals surface area contributed by atoms with E-state index in [1.807, 2.05) is 41.2 Å². The fraction of sp³-hybridized carbons (Fsp3) is 0.438. The SMILES string of the molecule is CCCn1cc(C(O)(CCC)c2ccccc2)cn1. The van der Waals surface area contributed by atoms with Gasteiger partial charge in [-0.05, 0) is 18.4 Å².